The molecule has 100 valence electrons. The number of aryl methyl sites for hydroxylation is 1. The molecular weight excluding hydrogens is 230 g/mol. The Kier molecular flexibility index (Phi) is 4.75. The van der Waals surface area contributed by atoms with Crippen LogP contribution in [0.5, 0.6) is 0 Å². The third-order valence-electron chi connectivity index (χ3n) is 3.06. The molecule has 0 amide bonds. The monoisotopic (exact) mass is 251 g/mol. The van der Waals surface area contributed by atoms with Gasteiger partial charge in [-0.05, 0) is 32.1 Å². The van der Waals surface area contributed by atoms with Crippen LogP contribution in [0.2, 0.25) is 0 Å². The predicted molar refractivity (Wildman–Crippen MR) is 70.8 cm³/mol. The van der Waals surface area contributed by atoms with Crippen LogP contribution in [0.1, 0.15) is 26.2 Å². The van der Waals surface area contributed by atoms with Gasteiger partial charge in [-0.15, -0.1) is 0 Å². The Balaban J connectivity index is 1.67. The van der Waals surface area contributed by atoms with Crippen LogP contribution in [0.25, 0.3) is 0 Å². The Morgan fingerprint density at radius 3 is 3.11 bits per heavy atom. The van der Waals surface area contributed by atoms with Gasteiger partial charge in [-0.1, -0.05) is 0 Å². The molecule has 0 unspecified atom stereocenters. The first kappa shape index (κ1) is 13.1. The average Bonchev–Trinajstić information content (AvgIpc) is 3.19. The molecule has 1 N–H and O–H groups in total. The van der Waals surface area contributed by atoms with E-state index in [1.165, 1.54) is 12.8 Å². The molecule has 1 saturated carbocycles. The molecule has 0 radical (unpaired) electrons. The molecule has 1 fully saturated rings. The van der Waals surface area contributed by atoms with E-state index in [0.717, 1.165) is 32.1 Å². The van der Waals surface area contributed by atoms with E-state index in [1.54, 1.807) is 17.0 Å². The van der Waals surface area contributed by atoms with Crippen LogP contribution < -0.4 is 10.9 Å². The van der Waals surface area contributed by atoms with Gasteiger partial charge in [-0.3, -0.25) is 4.79 Å². The molecule has 0 aromatic carbocycles. The SMILES string of the molecule is CCn1ccnc(NCCCOCC2CC2)c1=O. The largest absolute Gasteiger partial charge is 0.381 e. The van der Waals surface area contributed by atoms with Gasteiger partial charge < -0.3 is 14.6 Å². The zero-order chi connectivity index (χ0) is 12.8. The molecule has 1 aromatic heterocycles. The van der Waals surface area contributed by atoms with Crippen LogP contribution in [0.15, 0.2) is 17.2 Å². The highest BCUT2D eigenvalue weighted by Crippen LogP contribution is 2.28. The van der Waals surface area contributed by atoms with Crippen LogP contribution in [-0.2, 0) is 11.3 Å². The molecule has 1 aliphatic carbocycles. The number of anilines is 1. The van der Waals surface area contributed by atoms with Crippen molar-refractivity contribution in [1.29, 1.82) is 0 Å². The van der Waals surface area contributed by atoms with Gasteiger partial charge >= 0.3 is 0 Å². The molecular formula is C13H21N3O2. The van der Waals surface area contributed by atoms with Crippen LogP contribution >= 0.6 is 0 Å². The number of rotatable bonds is 8. The molecule has 1 heterocycles. The van der Waals surface area contributed by atoms with Gasteiger partial charge in [0.15, 0.2) is 5.82 Å². The third kappa shape index (κ3) is 3.84. The Morgan fingerprint density at radius 1 is 1.56 bits per heavy atom. The maximum absolute atomic E-state index is 11.8. The first-order chi connectivity index (χ1) is 8.81. The fraction of sp³-hybridized carbons (Fsp3) is 0.692. The van der Waals surface area contributed by atoms with E-state index < -0.39 is 0 Å². The normalized spacial score (nSPS) is 14.7. The number of nitrogens with one attached hydrogen (secondary N) is 1. The van der Waals surface area contributed by atoms with Crippen molar-refractivity contribution in [3.8, 4) is 0 Å². The minimum absolute atomic E-state index is 0.0566. The number of hydrogen-bond donors (Lipinski definition) is 1. The molecule has 1 aromatic rings. The fourth-order valence-corrected chi connectivity index (χ4v) is 1.73. The highest BCUT2D eigenvalue weighted by Gasteiger charge is 2.20. The van der Waals surface area contributed by atoms with E-state index in [1.807, 2.05) is 6.92 Å². The zero-order valence-electron chi connectivity index (χ0n) is 10.9. The van der Waals surface area contributed by atoms with E-state index in [9.17, 15) is 4.79 Å². The molecule has 5 heteroatoms. The maximum atomic E-state index is 11.8. The van der Waals surface area contributed by atoms with E-state index in [2.05, 4.69) is 10.3 Å². The molecule has 5 nitrogen and oxygen atoms in total. The number of ether oxygens (including phenoxy) is 1. The van der Waals surface area contributed by atoms with Crippen LogP contribution in [0, 0.1) is 5.92 Å². The highest BCUT2D eigenvalue weighted by molar-refractivity contribution is 5.30. The smallest absolute Gasteiger partial charge is 0.293 e. The lowest BCUT2D eigenvalue weighted by molar-refractivity contribution is 0.124. The summed E-state index contributed by atoms with van der Waals surface area (Å²) in [6, 6.07) is 0. The van der Waals surface area contributed by atoms with Gasteiger partial charge in [-0.25, -0.2) is 4.98 Å². The van der Waals surface area contributed by atoms with Crippen molar-refractivity contribution in [1.82, 2.24) is 9.55 Å². The molecule has 18 heavy (non-hydrogen) atoms. The lowest BCUT2D eigenvalue weighted by Crippen LogP contribution is -2.24. The van der Waals surface area contributed by atoms with E-state index in [-0.39, 0.29) is 5.56 Å². The molecule has 0 bridgehead atoms. The second kappa shape index (κ2) is 6.54. The molecule has 0 spiro atoms. The summed E-state index contributed by atoms with van der Waals surface area (Å²) < 4.78 is 7.16. The molecule has 0 aliphatic heterocycles. The summed E-state index contributed by atoms with van der Waals surface area (Å²) in [5.41, 5.74) is -0.0566. The van der Waals surface area contributed by atoms with Crippen molar-refractivity contribution in [3.05, 3.63) is 22.7 Å². The first-order valence-electron chi connectivity index (χ1n) is 6.68. The van der Waals surface area contributed by atoms with E-state index >= 15 is 0 Å². The van der Waals surface area contributed by atoms with Crippen molar-refractivity contribution >= 4 is 5.82 Å². The minimum Gasteiger partial charge on any atom is -0.381 e. The summed E-state index contributed by atoms with van der Waals surface area (Å²) in [4.78, 5) is 15.9. The standard InChI is InChI=1S/C13H21N3O2/c1-2-16-8-7-15-12(13(16)17)14-6-3-9-18-10-11-4-5-11/h7-8,11H,2-6,9-10H2,1H3,(H,14,15). The van der Waals surface area contributed by atoms with Crippen molar-refractivity contribution in [2.75, 3.05) is 25.1 Å². The summed E-state index contributed by atoms with van der Waals surface area (Å²) in [6.45, 7) is 4.97. The van der Waals surface area contributed by atoms with Crippen molar-refractivity contribution in [2.24, 2.45) is 5.92 Å². The zero-order valence-corrected chi connectivity index (χ0v) is 10.9. The Labute approximate surface area is 107 Å². The topological polar surface area (TPSA) is 56.1 Å². The summed E-state index contributed by atoms with van der Waals surface area (Å²) in [5, 5.41) is 3.07. The fourth-order valence-electron chi connectivity index (χ4n) is 1.73. The Bertz CT molecular complexity index is 426. The van der Waals surface area contributed by atoms with Crippen molar-refractivity contribution < 1.29 is 4.74 Å². The van der Waals surface area contributed by atoms with Gasteiger partial charge in [0, 0.05) is 38.7 Å². The first-order valence-corrected chi connectivity index (χ1v) is 6.68. The quantitative estimate of drug-likeness (QED) is 0.711. The summed E-state index contributed by atoms with van der Waals surface area (Å²) in [6.07, 6.45) is 6.89. The molecule has 0 atom stereocenters. The second-order valence-electron chi connectivity index (χ2n) is 4.67. The van der Waals surface area contributed by atoms with Crippen molar-refractivity contribution in [2.45, 2.75) is 32.7 Å². The van der Waals surface area contributed by atoms with Crippen LogP contribution in [0.3, 0.4) is 0 Å². The van der Waals surface area contributed by atoms with Gasteiger partial charge in [-0.2, -0.15) is 0 Å². The predicted octanol–water partition coefficient (Wildman–Crippen LogP) is 1.49. The van der Waals surface area contributed by atoms with Gasteiger partial charge in [0.1, 0.15) is 0 Å². The van der Waals surface area contributed by atoms with Crippen LogP contribution in [-0.4, -0.2) is 29.3 Å². The minimum atomic E-state index is -0.0566. The van der Waals surface area contributed by atoms with Crippen molar-refractivity contribution in [3.63, 3.8) is 0 Å². The Hall–Kier alpha value is -1.36. The van der Waals surface area contributed by atoms with Gasteiger partial charge in [0.05, 0.1) is 0 Å². The Morgan fingerprint density at radius 2 is 2.39 bits per heavy atom. The average molecular weight is 251 g/mol. The number of aromatic nitrogens is 2. The van der Waals surface area contributed by atoms with Crippen LogP contribution in [0.4, 0.5) is 5.82 Å². The number of nitrogens with zero attached hydrogens (tertiary/aromatic N) is 2. The summed E-state index contributed by atoms with van der Waals surface area (Å²) in [7, 11) is 0. The molecule has 1 aliphatic rings. The molecule has 0 saturated heterocycles. The molecule has 2 rings (SSSR count). The second-order valence-corrected chi connectivity index (χ2v) is 4.67. The van der Waals surface area contributed by atoms with E-state index in [4.69, 9.17) is 4.74 Å². The lowest BCUT2D eigenvalue weighted by atomic mass is 10.4. The maximum Gasteiger partial charge on any atom is 0.293 e. The van der Waals surface area contributed by atoms with Gasteiger partial charge in [0.25, 0.3) is 5.56 Å². The third-order valence-corrected chi connectivity index (χ3v) is 3.06. The lowest BCUT2D eigenvalue weighted by Gasteiger charge is -2.07. The summed E-state index contributed by atoms with van der Waals surface area (Å²) >= 11 is 0. The van der Waals surface area contributed by atoms with Gasteiger partial charge in [0.2, 0.25) is 0 Å². The van der Waals surface area contributed by atoms with E-state index in [0.29, 0.717) is 12.4 Å². The highest BCUT2D eigenvalue weighted by atomic mass is 16.5. The number of hydrogen-bond acceptors (Lipinski definition) is 4. The summed E-state index contributed by atoms with van der Waals surface area (Å²) in [5.74, 6) is 1.24.